The first-order valence-corrected chi connectivity index (χ1v) is 9.42. The van der Waals surface area contributed by atoms with Crippen molar-refractivity contribution in [1.82, 2.24) is 10.6 Å². The van der Waals surface area contributed by atoms with Gasteiger partial charge in [0.15, 0.2) is 0 Å². The number of β-lactam (4-membered cyclic amide) rings is 1. The van der Waals surface area contributed by atoms with Gasteiger partial charge in [0.1, 0.15) is 6.61 Å². The molecule has 2 amide bonds. The highest BCUT2D eigenvalue weighted by molar-refractivity contribution is 6.62. The molecule has 1 aliphatic rings. The average Bonchev–Trinajstić information content (AvgIpc) is 2.75. The number of nitrogens with one attached hydrogen (secondary N) is 2. The van der Waals surface area contributed by atoms with E-state index in [0.717, 1.165) is 0 Å². The Bertz CT molecular complexity index is 986. The van der Waals surface area contributed by atoms with Crippen LogP contribution in [0.2, 0.25) is 0 Å². The number of alkyl carbamates (subject to hydrolysis) is 1. The maximum absolute atomic E-state index is 12.7. The van der Waals surface area contributed by atoms with Crippen molar-refractivity contribution in [3.8, 4) is 0 Å². The highest BCUT2D eigenvalue weighted by Gasteiger charge is 2.50. The number of benzene rings is 1. The highest BCUT2D eigenvalue weighted by Crippen LogP contribution is 2.26. The van der Waals surface area contributed by atoms with E-state index >= 15 is 0 Å². The van der Waals surface area contributed by atoms with E-state index in [2.05, 4.69) is 20.2 Å². The number of methoxy groups -OCH3 is 1. The molecule has 1 fully saturated rings. The summed E-state index contributed by atoms with van der Waals surface area (Å²) < 4.78 is 9.46. The maximum atomic E-state index is 12.7. The molecule has 1 saturated heterocycles. The predicted molar refractivity (Wildman–Crippen MR) is 106 cm³/mol. The second kappa shape index (κ2) is 10.3. The van der Waals surface area contributed by atoms with E-state index in [-0.39, 0.29) is 12.3 Å². The van der Waals surface area contributed by atoms with Crippen LogP contribution < -0.4 is 10.6 Å². The van der Waals surface area contributed by atoms with Gasteiger partial charge in [0, 0.05) is 24.1 Å². The van der Waals surface area contributed by atoms with Crippen LogP contribution in [0.3, 0.4) is 0 Å². The quantitative estimate of drug-likeness (QED) is 0.0793. The van der Waals surface area contributed by atoms with Gasteiger partial charge in [-0.15, -0.1) is 0 Å². The van der Waals surface area contributed by atoms with E-state index in [4.69, 9.17) is 4.74 Å². The van der Waals surface area contributed by atoms with E-state index in [1.807, 2.05) is 0 Å². The second-order valence-electron chi connectivity index (χ2n) is 7.09. The number of nitro groups is 1. The fourth-order valence-corrected chi connectivity index (χ4v) is 3.23. The van der Waals surface area contributed by atoms with Gasteiger partial charge in [-0.1, -0.05) is 6.92 Å². The van der Waals surface area contributed by atoms with Gasteiger partial charge in [-0.2, -0.15) is 4.79 Å². The number of carbonyl (C=O) groups is 4. The molecule has 32 heavy (non-hydrogen) atoms. The number of esters is 1. The minimum absolute atomic E-state index is 0.144. The summed E-state index contributed by atoms with van der Waals surface area (Å²) in [5.74, 6) is -4.23. The molecule has 4 atom stereocenters. The Balaban J connectivity index is 2.02. The molecule has 170 valence electrons. The van der Waals surface area contributed by atoms with Gasteiger partial charge in [-0.25, -0.2) is 9.59 Å². The van der Waals surface area contributed by atoms with Crippen LogP contribution in [0.15, 0.2) is 24.3 Å². The van der Waals surface area contributed by atoms with Crippen molar-refractivity contribution in [1.29, 1.82) is 0 Å². The zero-order chi connectivity index (χ0) is 24.0. The molecule has 2 N–H and O–H groups in total. The van der Waals surface area contributed by atoms with Crippen LogP contribution in [0.1, 0.15) is 19.4 Å². The van der Waals surface area contributed by atoms with Gasteiger partial charge in [-0.05, 0) is 24.6 Å². The Morgan fingerprint density at radius 3 is 2.41 bits per heavy atom. The molecule has 13 nitrogen and oxygen atoms in total. The third-order valence-corrected chi connectivity index (χ3v) is 5.06. The van der Waals surface area contributed by atoms with Crippen molar-refractivity contribution in [2.45, 2.75) is 32.5 Å². The summed E-state index contributed by atoms with van der Waals surface area (Å²) in [6.45, 7) is 2.67. The van der Waals surface area contributed by atoms with Gasteiger partial charge in [-0.3, -0.25) is 19.7 Å². The van der Waals surface area contributed by atoms with Crippen LogP contribution in [-0.4, -0.2) is 58.4 Å². The van der Waals surface area contributed by atoms with Crippen LogP contribution in [0.4, 0.5) is 10.5 Å². The highest BCUT2D eigenvalue weighted by atomic mass is 16.6. The SMILES string of the molecule is COC(=O)N[C@H](C)[C@H]1C(=O)N[C@@H]1C(C)C(=O)C(=[N+]=[N-])C(=O)OCc1ccc([N+](=O)[O-])cc1. The molecule has 1 aromatic carbocycles. The minimum atomic E-state index is -1.20. The Labute approximate surface area is 181 Å². The van der Waals surface area contributed by atoms with E-state index in [1.165, 1.54) is 38.3 Å². The third kappa shape index (κ3) is 5.32. The molecule has 1 aromatic rings. The van der Waals surface area contributed by atoms with Crippen molar-refractivity contribution < 1.29 is 38.4 Å². The predicted octanol–water partition coefficient (Wildman–Crippen LogP) is 0.373. The number of ether oxygens (including phenoxy) is 2. The first-order chi connectivity index (χ1) is 15.1. The summed E-state index contributed by atoms with van der Waals surface area (Å²) in [7, 11) is 1.17. The number of nitrogens with zero attached hydrogens (tertiary/aromatic N) is 3. The lowest BCUT2D eigenvalue weighted by atomic mass is 9.75. The molecule has 1 aliphatic heterocycles. The fraction of sp³-hybridized carbons (Fsp3) is 0.421. The zero-order valence-corrected chi connectivity index (χ0v) is 17.4. The van der Waals surface area contributed by atoms with Crippen LogP contribution in [0.5, 0.6) is 0 Å². The van der Waals surface area contributed by atoms with E-state index in [1.54, 1.807) is 6.92 Å². The molecule has 0 bridgehead atoms. The maximum Gasteiger partial charge on any atom is 0.441 e. The molecule has 0 aromatic heterocycles. The molecule has 2 rings (SSSR count). The number of carbonyl (C=O) groups excluding carboxylic acids is 4. The van der Waals surface area contributed by atoms with E-state index in [9.17, 15) is 34.8 Å². The van der Waals surface area contributed by atoms with Crippen molar-refractivity contribution >= 4 is 35.2 Å². The van der Waals surface area contributed by atoms with Crippen molar-refractivity contribution in [3.05, 3.63) is 45.5 Å². The standard InChI is InChI=1S/C19H21N5O8/c1-9(14-13(17(26)22-14)10(2)21-19(28)31-3)16(25)15(23-20)18(27)32-8-11-4-6-12(7-5-11)24(29)30/h4-7,9-10,13-14H,8H2,1-3H3,(H,21,28)(H,22,26)/t9?,10-,13-,14-/m1/s1. The molecule has 0 saturated carbocycles. The average molecular weight is 447 g/mol. The number of hydrogen-bond acceptors (Lipinski definition) is 8. The lowest BCUT2D eigenvalue weighted by Crippen LogP contribution is -2.68. The van der Waals surface area contributed by atoms with Gasteiger partial charge in [0.2, 0.25) is 5.91 Å². The molecule has 1 heterocycles. The number of hydrogen-bond donors (Lipinski definition) is 2. The monoisotopic (exact) mass is 447 g/mol. The Hall–Kier alpha value is -4.12. The topological polar surface area (TPSA) is 190 Å². The number of amides is 2. The van der Waals surface area contributed by atoms with Gasteiger partial charge in [0.25, 0.3) is 11.5 Å². The first kappa shape index (κ1) is 24.2. The summed E-state index contributed by atoms with van der Waals surface area (Å²) >= 11 is 0. The summed E-state index contributed by atoms with van der Waals surface area (Å²) in [6, 6.07) is 3.79. The lowest BCUT2D eigenvalue weighted by molar-refractivity contribution is -0.384. The van der Waals surface area contributed by atoms with Gasteiger partial charge in [0.05, 0.1) is 24.0 Å². The van der Waals surface area contributed by atoms with Crippen LogP contribution >= 0.6 is 0 Å². The van der Waals surface area contributed by atoms with E-state index < -0.39 is 58.3 Å². The molecular formula is C19H21N5O8. The van der Waals surface area contributed by atoms with Crippen LogP contribution in [0, 0.1) is 22.0 Å². The minimum Gasteiger partial charge on any atom is -0.453 e. The summed E-state index contributed by atoms with van der Waals surface area (Å²) in [6.07, 6.45) is -0.748. The summed E-state index contributed by atoms with van der Waals surface area (Å²) in [4.78, 5) is 61.1. The smallest absolute Gasteiger partial charge is 0.441 e. The number of nitro benzene ring substituents is 1. The van der Waals surface area contributed by atoms with Crippen LogP contribution in [-0.2, 0) is 30.5 Å². The molecule has 13 heteroatoms. The molecule has 0 radical (unpaired) electrons. The summed E-state index contributed by atoms with van der Waals surface area (Å²) in [5, 5.41) is 15.7. The van der Waals surface area contributed by atoms with Crippen molar-refractivity contribution in [3.63, 3.8) is 0 Å². The molecule has 0 spiro atoms. The molecule has 0 aliphatic carbocycles. The van der Waals surface area contributed by atoms with Gasteiger partial charge >= 0.3 is 17.8 Å². The lowest BCUT2D eigenvalue weighted by Gasteiger charge is -2.42. The molecular weight excluding hydrogens is 426 g/mol. The van der Waals surface area contributed by atoms with E-state index in [0.29, 0.717) is 5.56 Å². The number of Topliss-reactive ketones (excluding diaryl/α,β-unsaturated/α-hetero) is 1. The van der Waals surface area contributed by atoms with Crippen molar-refractivity contribution in [2.75, 3.05) is 7.11 Å². The van der Waals surface area contributed by atoms with Crippen LogP contribution in [0.25, 0.3) is 5.53 Å². The largest absolute Gasteiger partial charge is 0.453 e. The zero-order valence-electron chi connectivity index (χ0n) is 17.4. The van der Waals surface area contributed by atoms with Crippen molar-refractivity contribution in [2.24, 2.45) is 11.8 Å². The third-order valence-electron chi connectivity index (χ3n) is 5.06. The van der Waals surface area contributed by atoms with Gasteiger partial charge < -0.3 is 25.6 Å². The first-order valence-electron chi connectivity index (χ1n) is 9.42. The summed E-state index contributed by atoms with van der Waals surface area (Å²) in [5.41, 5.74) is 8.59. The number of non-ortho nitro benzene ring substituents is 1. The fourth-order valence-electron chi connectivity index (χ4n) is 3.23. The Morgan fingerprint density at radius 2 is 1.91 bits per heavy atom. The second-order valence-corrected chi connectivity index (χ2v) is 7.09. The number of rotatable bonds is 9. The normalized spacial score (nSPS) is 18.7. The Morgan fingerprint density at radius 1 is 1.28 bits per heavy atom. The number of ketones is 1. The Kier molecular flexibility index (Phi) is 7.75. The molecule has 1 unspecified atom stereocenters.